The van der Waals surface area contributed by atoms with Gasteiger partial charge in [-0.3, -0.25) is 10.1 Å². The van der Waals surface area contributed by atoms with Gasteiger partial charge in [-0.25, -0.2) is 15.0 Å². The minimum Gasteiger partial charge on any atom is -0.382 e. The van der Waals surface area contributed by atoms with Gasteiger partial charge in [-0.05, 0) is 31.0 Å². The third-order valence-corrected chi connectivity index (χ3v) is 4.23. The highest BCUT2D eigenvalue weighted by Gasteiger charge is 2.14. The molecule has 1 amide bonds. The van der Waals surface area contributed by atoms with Crippen molar-refractivity contribution in [1.29, 1.82) is 0 Å². The Bertz CT molecular complexity index is 874. The summed E-state index contributed by atoms with van der Waals surface area (Å²) in [6.45, 7) is 4.13. The largest absolute Gasteiger partial charge is 0.382 e. The van der Waals surface area contributed by atoms with Crippen LogP contribution in [0, 0.1) is 13.8 Å². The van der Waals surface area contributed by atoms with Crippen LogP contribution in [0.3, 0.4) is 0 Å². The second kappa shape index (κ2) is 6.13. The molecule has 2 heterocycles. The quantitative estimate of drug-likeness (QED) is 0.772. The molecular formula is C16H15N5OS. The van der Waals surface area contributed by atoms with E-state index in [0.29, 0.717) is 5.13 Å². The molecule has 0 aliphatic rings. The Kier molecular flexibility index (Phi) is 4.03. The van der Waals surface area contributed by atoms with Crippen LogP contribution >= 0.6 is 11.3 Å². The smallest absolute Gasteiger partial charge is 0.279 e. The van der Waals surface area contributed by atoms with Crippen LogP contribution in [0.4, 0.5) is 10.9 Å². The Morgan fingerprint density at radius 3 is 2.70 bits per heavy atom. The van der Waals surface area contributed by atoms with Crippen molar-refractivity contribution in [2.75, 3.05) is 11.1 Å². The fourth-order valence-electron chi connectivity index (χ4n) is 2.04. The first kappa shape index (κ1) is 15.1. The van der Waals surface area contributed by atoms with Crippen molar-refractivity contribution in [3.8, 4) is 11.3 Å². The van der Waals surface area contributed by atoms with Gasteiger partial charge in [0.15, 0.2) is 16.6 Å². The molecule has 116 valence electrons. The van der Waals surface area contributed by atoms with Gasteiger partial charge in [-0.1, -0.05) is 12.1 Å². The van der Waals surface area contributed by atoms with Gasteiger partial charge in [0.1, 0.15) is 0 Å². The first-order valence-corrected chi connectivity index (χ1v) is 7.83. The highest BCUT2D eigenvalue weighted by atomic mass is 32.1. The molecule has 0 unspecified atom stereocenters. The molecule has 0 atom stereocenters. The Hall–Kier alpha value is -2.80. The lowest BCUT2D eigenvalue weighted by atomic mass is 10.1. The number of rotatable bonds is 3. The number of aromatic nitrogens is 3. The summed E-state index contributed by atoms with van der Waals surface area (Å²) >= 11 is 1.35. The number of nitrogens with one attached hydrogen (secondary N) is 1. The first-order chi connectivity index (χ1) is 11.0. The standard InChI is InChI=1S/C16H15N5OS/c1-9-3-4-11(7-10(9)2)12-8-23-16(20-12)21-15(22)13-14(17)19-6-5-18-13/h3-8H,1-2H3,(H2,17,19)(H,20,21,22). The van der Waals surface area contributed by atoms with E-state index in [0.717, 1.165) is 11.3 Å². The van der Waals surface area contributed by atoms with Crippen LogP contribution in [-0.2, 0) is 0 Å². The number of hydrogen-bond donors (Lipinski definition) is 2. The van der Waals surface area contributed by atoms with Gasteiger partial charge in [-0.2, -0.15) is 0 Å². The van der Waals surface area contributed by atoms with E-state index >= 15 is 0 Å². The molecule has 23 heavy (non-hydrogen) atoms. The van der Waals surface area contributed by atoms with E-state index in [2.05, 4.69) is 46.2 Å². The summed E-state index contributed by atoms with van der Waals surface area (Å²) in [6, 6.07) is 6.16. The number of carbonyl (C=O) groups is 1. The lowest BCUT2D eigenvalue weighted by Gasteiger charge is -2.03. The average molecular weight is 325 g/mol. The number of anilines is 2. The zero-order chi connectivity index (χ0) is 16.4. The summed E-state index contributed by atoms with van der Waals surface area (Å²) < 4.78 is 0. The van der Waals surface area contributed by atoms with Crippen LogP contribution in [0.5, 0.6) is 0 Å². The zero-order valence-electron chi connectivity index (χ0n) is 12.7. The van der Waals surface area contributed by atoms with E-state index in [1.54, 1.807) is 0 Å². The average Bonchev–Trinajstić information content (AvgIpc) is 2.99. The van der Waals surface area contributed by atoms with Gasteiger partial charge in [0.25, 0.3) is 5.91 Å². The Balaban J connectivity index is 1.81. The first-order valence-electron chi connectivity index (χ1n) is 6.95. The normalized spacial score (nSPS) is 10.5. The maximum absolute atomic E-state index is 12.2. The summed E-state index contributed by atoms with van der Waals surface area (Å²) in [5.41, 5.74) is 10.0. The van der Waals surface area contributed by atoms with E-state index in [1.165, 1.54) is 34.9 Å². The highest BCUT2D eigenvalue weighted by Crippen LogP contribution is 2.26. The Labute approximate surface area is 137 Å². The van der Waals surface area contributed by atoms with Gasteiger partial charge in [0.05, 0.1) is 5.69 Å². The highest BCUT2D eigenvalue weighted by molar-refractivity contribution is 7.14. The van der Waals surface area contributed by atoms with Crippen molar-refractivity contribution < 1.29 is 4.79 Å². The monoisotopic (exact) mass is 325 g/mol. The molecule has 3 N–H and O–H groups in total. The maximum atomic E-state index is 12.2. The van der Waals surface area contributed by atoms with Gasteiger partial charge in [-0.15, -0.1) is 11.3 Å². The van der Waals surface area contributed by atoms with E-state index in [-0.39, 0.29) is 11.5 Å². The molecule has 1 aromatic carbocycles. The van der Waals surface area contributed by atoms with Gasteiger partial charge >= 0.3 is 0 Å². The third kappa shape index (κ3) is 3.19. The number of benzene rings is 1. The molecule has 0 saturated carbocycles. The molecule has 3 aromatic rings. The zero-order valence-corrected chi connectivity index (χ0v) is 13.5. The summed E-state index contributed by atoms with van der Waals surface area (Å²) in [4.78, 5) is 24.4. The molecule has 0 spiro atoms. The fourth-order valence-corrected chi connectivity index (χ4v) is 2.76. The molecule has 0 fully saturated rings. The second-order valence-electron chi connectivity index (χ2n) is 5.08. The van der Waals surface area contributed by atoms with Crippen molar-refractivity contribution in [3.63, 3.8) is 0 Å². The SMILES string of the molecule is Cc1ccc(-c2csc(NC(=O)c3nccnc3N)n2)cc1C. The summed E-state index contributed by atoms with van der Waals surface area (Å²) in [6.07, 6.45) is 2.86. The van der Waals surface area contributed by atoms with Crippen LogP contribution < -0.4 is 11.1 Å². The van der Waals surface area contributed by atoms with Crippen molar-refractivity contribution >= 4 is 28.2 Å². The fraction of sp³-hybridized carbons (Fsp3) is 0.125. The van der Waals surface area contributed by atoms with Crippen molar-refractivity contribution in [2.24, 2.45) is 0 Å². The number of nitrogens with zero attached hydrogens (tertiary/aromatic N) is 3. The lowest BCUT2D eigenvalue weighted by Crippen LogP contribution is -2.16. The summed E-state index contributed by atoms with van der Waals surface area (Å²) in [5.74, 6) is -0.326. The molecular weight excluding hydrogens is 310 g/mol. The van der Waals surface area contributed by atoms with Crippen molar-refractivity contribution in [2.45, 2.75) is 13.8 Å². The van der Waals surface area contributed by atoms with E-state index < -0.39 is 5.91 Å². The molecule has 3 rings (SSSR count). The minimum atomic E-state index is -0.420. The molecule has 0 radical (unpaired) electrons. The van der Waals surface area contributed by atoms with Gasteiger partial charge in [0, 0.05) is 23.3 Å². The Morgan fingerprint density at radius 2 is 1.96 bits per heavy atom. The van der Waals surface area contributed by atoms with E-state index in [9.17, 15) is 4.79 Å². The number of thiazole rings is 1. The molecule has 0 bridgehead atoms. The number of amides is 1. The summed E-state index contributed by atoms with van der Waals surface area (Å²) in [5, 5.41) is 5.10. The summed E-state index contributed by atoms with van der Waals surface area (Å²) in [7, 11) is 0. The topological polar surface area (TPSA) is 93.8 Å². The van der Waals surface area contributed by atoms with E-state index in [1.807, 2.05) is 11.4 Å². The second-order valence-corrected chi connectivity index (χ2v) is 5.94. The molecule has 0 aliphatic heterocycles. The predicted molar refractivity (Wildman–Crippen MR) is 91.4 cm³/mol. The van der Waals surface area contributed by atoms with Crippen molar-refractivity contribution in [1.82, 2.24) is 15.0 Å². The van der Waals surface area contributed by atoms with Crippen LogP contribution in [-0.4, -0.2) is 20.9 Å². The van der Waals surface area contributed by atoms with Gasteiger partial charge < -0.3 is 5.73 Å². The van der Waals surface area contributed by atoms with Crippen LogP contribution in [0.25, 0.3) is 11.3 Å². The third-order valence-electron chi connectivity index (χ3n) is 3.47. The number of hydrogen-bond acceptors (Lipinski definition) is 6. The van der Waals surface area contributed by atoms with E-state index in [4.69, 9.17) is 5.73 Å². The predicted octanol–water partition coefficient (Wildman–Crippen LogP) is 3.05. The number of nitrogens with two attached hydrogens (primary N) is 1. The van der Waals surface area contributed by atoms with Crippen LogP contribution in [0.2, 0.25) is 0 Å². The molecule has 6 nitrogen and oxygen atoms in total. The molecule has 7 heteroatoms. The maximum Gasteiger partial charge on any atom is 0.279 e. The number of nitrogen functional groups attached to an aromatic ring is 1. The molecule has 2 aromatic heterocycles. The van der Waals surface area contributed by atoms with Crippen molar-refractivity contribution in [3.05, 3.63) is 52.8 Å². The number of carbonyl (C=O) groups excluding carboxylic acids is 1. The molecule has 0 aliphatic carbocycles. The van der Waals surface area contributed by atoms with Crippen LogP contribution in [0.1, 0.15) is 21.6 Å². The minimum absolute atomic E-state index is 0.0930. The Morgan fingerprint density at radius 1 is 1.17 bits per heavy atom. The molecule has 0 saturated heterocycles. The lowest BCUT2D eigenvalue weighted by molar-refractivity contribution is 0.102. The van der Waals surface area contributed by atoms with Gasteiger partial charge in [0.2, 0.25) is 0 Å². The number of aryl methyl sites for hydroxylation is 2. The van der Waals surface area contributed by atoms with Crippen LogP contribution in [0.15, 0.2) is 36.0 Å².